The summed E-state index contributed by atoms with van der Waals surface area (Å²) < 4.78 is 30.2. The van der Waals surface area contributed by atoms with Gasteiger partial charge in [-0.3, -0.25) is 9.10 Å². The average Bonchev–Trinajstić information content (AvgIpc) is 3.10. The number of hydrogen-bond acceptors (Lipinski definition) is 5. The summed E-state index contributed by atoms with van der Waals surface area (Å²) in [5, 5.41) is 2.88. The number of hydrogen-bond donors (Lipinski definition) is 1. The van der Waals surface area contributed by atoms with Gasteiger partial charge in [0.1, 0.15) is 0 Å². The molecule has 0 spiro atoms. The second-order valence-corrected chi connectivity index (χ2v) is 9.63. The molecule has 1 saturated carbocycles. The Morgan fingerprint density at radius 3 is 2.64 bits per heavy atom. The highest BCUT2D eigenvalue weighted by atomic mass is 32.2. The summed E-state index contributed by atoms with van der Waals surface area (Å²) in [6, 6.07) is 4.81. The number of carbonyl (C=O) groups excluding carboxylic acids is 2. The molecular weight excluding hydrogens is 380 g/mol. The number of benzene rings is 1. The normalized spacial score (nSPS) is 18.4. The number of ether oxygens (including phenoxy) is 1. The predicted octanol–water partition coefficient (Wildman–Crippen LogP) is 2.25. The lowest BCUT2D eigenvalue weighted by Crippen LogP contribution is -2.38. The molecule has 8 heteroatoms. The quantitative estimate of drug-likeness (QED) is 0.729. The van der Waals surface area contributed by atoms with Gasteiger partial charge in [-0.1, -0.05) is 19.3 Å². The van der Waals surface area contributed by atoms with E-state index >= 15 is 0 Å². The zero-order valence-corrected chi connectivity index (χ0v) is 17.3. The third-order valence-corrected chi connectivity index (χ3v) is 6.69. The first-order valence-electron chi connectivity index (χ1n) is 9.85. The van der Waals surface area contributed by atoms with Gasteiger partial charge in [-0.2, -0.15) is 0 Å². The van der Waals surface area contributed by atoms with Crippen LogP contribution in [0.5, 0.6) is 0 Å². The van der Waals surface area contributed by atoms with Crippen molar-refractivity contribution in [1.82, 2.24) is 5.32 Å². The minimum absolute atomic E-state index is 0.289. The van der Waals surface area contributed by atoms with Crippen LogP contribution in [0, 0.1) is 5.92 Å². The lowest BCUT2D eigenvalue weighted by Gasteiger charge is -2.22. The highest BCUT2D eigenvalue weighted by Crippen LogP contribution is 2.31. The zero-order chi connectivity index (χ0) is 20.3. The van der Waals surface area contributed by atoms with Gasteiger partial charge >= 0.3 is 5.97 Å². The third-order valence-electron chi connectivity index (χ3n) is 5.51. The SMILES string of the molecule is C[C@@H](OC(=O)c1ccc2c(c1)CCN2S(C)(=O)=O)C(=O)NCC1CCCCC1. The number of nitrogens with one attached hydrogen (secondary N) is 1. The Balaban J connectivity index is 1.56. The van der Waals surface area contributed by atoms with E-state index in [9.17, 15) is 18.0 Å². The van der Waals surface area contributed by atoms with Crippen molar-refractivity contribution >= 4 is 27.6 Å². The van der Waals surface area contributed by atoms with Gasteiger partial charge in [-0.05, 0) is 55.9 Å². The lowest BCUT2D eigenvalue weighted by molar-refractivity contribution is -0.129. The van der Waals surface area contributed by atoms with Gasteiger partial charge in [-0.15, -0.1) is 0 Å². The van der Waals surface area contributed by atoms with Crippen molar-refractivity contribution in [1.29, 1.82) is 0 Å². The molecule has 1 amide bonds. The van der Waals surface area contributed by atoms with E-state index in [-0.39, 0.29) is 5.91 Å². The maximum Gasteiger partial charge on any atom is 0.338 e. The van der Waals surface area contributed by atoms with Crippen molar-refractivity contribution in [3.05, 3.63) is 29.3 Å². The van der Waals surface area contributed by atoms with Gasteiger partial charge in [0.15, 0.2) is 6.10 Å². The predicted molar refractivity (Wildman–Crippen MR) is 107 cm³/mol. The molecule has 1 aliphatic heterocycles. The van der Waals surface area contributed by atoms with E-state index in [2.05, 4.69) is 5.32 Å². The molecule has 0 radical (unpaired) electrons. The van der Waals surface area contributed by atoms with E-state index in [0.29, 0.717) is 36.7 Å². The Kier molecular flexibility index (Phi) is 6.27. The Morgan fingerprint density at radius 2 is 1.96 bits per heavy atom. The first-order valence-corrected chi connectivity index (χ1v) is 11.7. The zero-order valence-electron chi connectivity index (χ0n) is 16.4. The molecule has 3 rings (SSSR count). The first kappa shape index (κ1) is 20.6. The van der Waals surface area contributed by atoms with Crippen LogP contribution >= 0.6 is 0 Å². The van der Waals surface area contributed by atoms with Crippen LogP contribution in [0.3, 0.4) is 0 Å². The molecule has 1 fully saturated rings. The minimum atomic E-state index is -3.33. The average molecular weight is 409 g/mol. The number of sulfonamides is 1. The van der Waals surface area contributed by atoms with Gasteiger partial charge in [0.05, 0.1) is 17.5 Å². The molecule has 1 aromatic rings. The van der Waals surface area contributed by atoms with E-state index in [1.165, 1.54) is 29.6 Å². The number of rotatable bonds is 6. The highest BCUT2D eigenvalue weighted by Gasteiger charge is 2.27. The van der Waals surface area contributed by atoms with Crippen LogP contribution in [0.4, 0.5) is 5.69 Å². The lowest BCUT2D eigenvalue weighted by atomic mass is 9.89. The number of nitrogens with zero attached hydrogens (tertiary/aromatic N) is 1. The largest absolute Gasteiger partial charge is 0.449 e. The molecule has 0 bridgehead atoms. The molecule has 0 unspecified atom stereocenters. The fourth-order valence-electron chi connectivity index (χ4n) is 3.90. The summed E-state index contributed by atoms with van der Waals surface area (Å²) in [6.07, 6.45) is 6.78. The van der Waals surface area contributed by atoms with E-state index in [0.717, 1.165) is 24.7 Å². The molecule has 0 aromatic heterocycles. The first-order chi connectivity index (χ1) is 13.3. The number of esters is 1. The number of anilines is 1. The molecule has 1 atom stereocenters. The van der Waals surface area contributed by atoms with Crippen molar-refractivity contribution < 1.29 is 22.7 Å². The van der Waals surface area contributed by atoms with Crippen LogP contribution in [-0.2, 0) is 26.0 Å². The Hall–Kier alpha value is -2.09. The second-order valence-electron chi connectivity index (χ2n) is 7.73. The topological polar surface area (TPSA) is 92.8 Å². The van der Waals surface area contributed by atoms with E-state index in [1.54, 1.807) is 19.1 Å². The fourth-order valence-corrected chi connectivity index (χ4v) is 4.86. The molecule has 28 heavy (non-hydrogen) atoms. The van der Waals surface area contributed by atoms with Crippen LogP contribution in [0.15, 0.2) is 18.2 Å². The Bertz CT molecular complexity index is 846. The van der Waals surface area contributed by atoms with Crippen molar-refractivity contribution in [2.24, 2.45) is 5.92 Å². The van der Waals surface area contributed by atoms with Gasteiger partial charge < -0.3 is 10.1 Å². The summed E-state index contributed by atoms with van der Waals surface area (Å²) in [7, 11) is -3.33. The van der Waals surface area contributed by atoms with Gasteiger partial charge in [0.25, 0.3) is 5.91 Å². The highest BCUT2D eigenvalue weighted by molar-refractivity contribution is 7.92. The van der Waals surface area contributed by atoms with Gasteiger partial charge in [0.2, 0.25) is 10.0 Å². The molecular formula is C20H28N2O5S. The van der Waals surface area contributed by atoms with Crippen LogP contribution < -0.4 is 9.62 Å². The third kappa shape index (κ3) is 4.84. The molecule has 1 aromatic carbocycles. The standard InChI is InChI=1S/C20H28N2O5S/c1-14(19(23)21-13-15-6-4-3-5-7-15)27-20(24)17-8-9-18-16(12-17)10-11-22(18)28(2,25)26/h8-9,12,14-15H,3-7,10-11,13H2,1-2H3,(H,21,23)/t14-/m1/s1. The van der Waals surface area contributed by atoms with Gasteiger partial charge in [-0.25, -0.2) is 13.2 Å². The Morgan fingerprint density at radius 1 is 1.25 bits per heavy atom. The minimum Gasteiger partial charge on any atom is -0.449 e. The monoisotopic (exact) mass is 408 g/mol. The number of carbonyl (C=O) groups is 2. The maximum atomic E-state index is 12.4. The maximum absolute atomic E-state index is 12.4. The summed E-state index contributed by atoms with van der Waals surface area (Å²) in [5.74, 6) is -0.362. The van der Waals surface area contributed by atoms with Crippen molar-refractivity contribution in [3.63, 3.8) is 0 Å². The molecule has 2 aliphatic rings. The molecule has 1 N–H and O–H groups in total. The van der Waals surface area contributed by atoms with Crippen LogP contribution in [-0.4, -0.2) is 45.7 Å². The summed E-state index contributed by atoms with van der Waals surface area (Å²) in [6.45, 7) is 2.56. The smallest absolute Gasteiger partial charge is 0.338 e. The fraction of sp³-hybridized carbons (Fsp3) is 0.600. The van der Waals surface area contributed by atoms with Crippen LogP contribution in [0.1, 0.15) is 54.9 Å². The summed E-state index contributed by atoms with van der Waals surface area (Å²) in [4.78, 5) is 24.6. The molecule has 154 valence electrons. The van der Waals surface area contributed by atoms with E-state index < -0.39 is 22.1 Å². The van der Waals surface area contributed by atoms with Crippen molar-refractivity contribution in [2.45, 2.75) is 51.6 Å². The van der Waals surface area contributed by atoms with Crippen molar-refractivity contribution in [2.75, 3.05) is 23.7 Å². The Labute approximate surface area is 166 Å². The molecule has 7 nitrogen and oxygen atoms in total. The number of amides is 1. The van der Waals surface area contributed by atoms with Gasteiger partial charge in [0, 0.05) is 13.1 Å². The van der Waals surface area contributed by atoms with Crippen molar-refractivity contribution in [3.8, 4) is 0 Å². The van der Waals surface area contributed by atoms with E-state index in [1.807, 2.05) is 0 Å². The molecule has 0 saturated heterocycles. The van der Waals surface area contributed by atoms with Crippen LogP contribution in [0.2, 0.25) is 0 Å². The second kappa shape index (κ2) is 8.51. The summed E-state index contributed by atoms with van der Waals surface area (Å²) >= 11 is 0. The number of fused-ring (bicyclic) bond motifs is 1. The molecule has 1 aliphatic carbocycles. The van der Waals surface area contributed by atoms with E-state index in [4.69, 9.17) is 4.74 Å². The summed E-state index contributed by atoms with van der Waals surface area (Å²) in [5.41, 5.74) is 1.70. The van der Waals surface area contributed by atoms with Crippen LogP contribution in [0.25, 0.3) is 0 Å². The molecule has 1 heterocycles.